The van der Waals surface area contributed by atoms with Gasteiger partial charge in [0.1, 0.15) is 5.76 Å². The van der Waals surface area contributed by atoms with Crippen molar-refractivity contribution < 1.29 is 9.21 Å². The van der Waals surface area contributed by atoms with Crippen LogP contribution in [0.1, 0.15) is 22.0 Å². The highest BCUT2D eigenvalue weighted by Gasteiger charge is 2.07. The lowest BCUT2D eigenvalue weighted by atomic mass is 10.2. The number of hydrogen-bond donors (Lipinski definition) is 1. The Morgan fingerprint density at radius 1 is 1.53 bits per heavy atom. The number of oxazole rings is 1. The molecule has 4 nitrogen and oxygen atoms in total. The summed E-state index contributed by atoms with van der Waals surface area (Å²) in [6.45, 7) is 2.10. The molecule has 0 saturated heterocycles. The summed E-state index contributed by atoms with van der Waals surface area (Å²) in [5.74, 6) is 1.09. The van der Waals surface area contributed by atoms with E-state index in [2.05, 4.69) is 26.2 Å². The molecule has 0 aliphatic carbocycles. The van der Waals surface area contributed by atoms with Gasteiger partial charge in [0.15, 0.2) is 0 Å². The van der Waals surface area contributed by atoms with E-state index >= 15 is 0 Å². The first kappa shape index (κ1) is 11.9. The Morgan fingerprint density at radius 2 is 2.35 bits per heavy atom. The van der Waals surface area contributed by atoms with E-state index < -0.39 is 0 Å². The number of aryl methyl sites for hydroxylation is 1. The fraction of sp³-hybridized carbons (Fsp3) is 0.167. The van der Waals surface area contributed by atoms with Gasteiger partial charge in [-0.2, -0.15) is 0 Å². The zero-order valence-electron chi connectivity index (χ0n) is 9.24. The number of halogens is 1. The largest absolute Gasteiger partial charge is 0.444 e. The molecular weight excluding hydrogens is 284 g/mol. The minimum atomic E-state index is -0.151. The maximum atomic E-state index is 11.8. The first-order valence-corrected chi connectivity index (χ1v) is 5.89. The summed E-state index contributed by atoms with van der Waals surface area (Å²) in [4.78, 5) is 15.8. The van der Waals surface area contributed by atoms with Gasteiger partial charge in [0.2, 0.25) is 5.89 Å². The Morgan fingerprint density at radius 3 is 3.00 bits per heavy atom. The number of rotatable bonds is 3. The van der Waals surface area contributed by atoms with E-state index in [-0.39, 0.29) is 5.91 Å². The smallest absolute Gasteiger partial charge is 0.251 e. The van der Waals surface area contributed by atoms with Crippen molar-refractivity contribution in [3.63, 3.8) is 0 Å². The number of carbonyl (C=O) groups excluding carboxylic acids is 1. The predicted molar refractivity (Wildman–Crippen MR) is 66.6 cm³/mol. The molecule has 0 aliphatic rings. The molecular formula is C12H11BrN2O2. The van der Waals surface area contributed by atoms with Crippen LogP contribution in [0.25, 0.3) is 0 Å². The fourth-order valence-corrected chi connectivity index (χ4v) is 1.77. The molecule has 0 radical (unpaired) electrons. The van der Waals surface area contributed by atoms with Gasteiger partial charge in [0.05, 0.1) is 12.7 Å². The lowest BCUT2D eigenvalue weighted by molar-refractivity contribution is 0.0947. The molecule has 1 N–H and O–H groups in total. The Bertz CT molecular complexity index is 537. The molecule has 1 aromatic carbocycles. The normalized spacial score (nSPS) is 10.2. The number of amides is 1. The molecule has 1 amide bonds. The number of nitrogens with zero attached hydrogens (tertiary/aromatic N) is 1. The van der Waals surface area contributed by atoms with Crippen LogP contribution in [0, 0.1) is 6.92 Å². The third kappa shape index (κ3) is 3.17. The highest BCUT2D eigenvalue weighted by atomic mass is 79.9. The monoisotopic (exact) mass is 294 g/mol. The van der Waals surface area contributed by atoms with E-state index in [1.54, 1.807) is 18.3 Å². The summed E-state index contributed by atoms with van der Waals surface area (Å²) in [6.07, 6.45) is 1.63. The van der Waals surface area contributed by atoms with Crippen LogP contribution in [0.3, 0.4) is 0 Å². The van der Waals surface area contributed by atoms with Crippen molar-refractivity contribution in [1.29, 1.82) is 0 Å². The number of carbonyl (C=O) groups is 1. The van der Waals surface area contributed by atoms with Crippen LogP contribution in [0.2, 0.25) is 0 Å². The molecule has 0 fully saturated rings. The molecule has 1 heterocycles. The second kappa shape index (κ2) is 5.14. The van der Waals surface area contributed by atoms with Gasteiger partial charge >= 0.3 is 0 Å². The lowest BCUT2D eigenvalue weighted by Gasteiger charge is -2.02. The predicted octanol–water partition coefficient (Wildman–Crippen LogP) is 2.68. The first-order valence-electron chi connectivity index (χ1n) is 5.10. The molecule has 2 rings (SSSR count). The lowest BCUT2D eigenvalue weighted by Crippen LogP contribution is -2.22. The van der Waals surface area contributed by atoms with Gasteiger partial charge in [-0.15, -0.1) is 0 Å². The van der Waals surface area contributed by atoms with Crippen LogP contribution in [0.5, 0.6) is 0 Å². The molecule has 88 valence electrons. The Kier molecular flexibility index (Phi) is 3.58. The van der Waals surface area contributed by atoms with E-state index in [4.69, 9.17) is 4.42 Å². The third-order valence-electron chi connectivity index (χ3n) is 2.16. The average Bonchev–Trinajstić information content (AvgIpc) is 2.72. The van der Waals surface area contributed by atoms with Crippen molar-refractivity contribution in [2.45, 2.75) is 13.5 Å². The molecule has 17 heavy (non-hydrogen) atoms. The van der Waals surface area contributed by atoms with Gasteiger partial charge in [-0.05, 0) is 25.1 Å². The van der Waals surface area contributed by atoms with Crippen molar-refractivity contribution in [1.82, 2.24) is 10.3 Å². The van der Waals surface area contributed by atoms with Crippen LogP contribution >= 0.6 is 15.9 Å². The van der Waals surface area contributed by atoms with E-state index in [1.165, 1.54) is 0 Å². The Balaban J connectivity index is 1.98. The van der Waals surface area contributed by atoms with Crippen molar-refractivity contribution in [3.8, 4) is 0 Å². The number of aromatic nitrogens is 1. The Labute approximate surface area is 107 Å². The molecule has 5 heteroatoms. The number of hydrogen-bond acceptors (Lipinski definition) is 3. The molecule has 1 aromatic heterocycles. The zero-order valence-corrected chi connectivity index (χ0v) is 10.8. The molecule has 2 aromatic rings. The second-order valence-electron chi connectivity index (χ2n) is 3.56. The van der Waals surface area contributed by atoms with Crippen LogP contribution in [0.4, 0.5) is 0 Å². The van der Waals surface area contributed by atoms with Gasteiger partial charge in [0, 0.05) is 10.0 Å². The standard InChI is InChI=1S/C12H11BrN2O2/c1-8-6-14-11(17-8)7-15-12(16)9-3-2-4-10(13)5-9/h2-6H,7H2,1H3,(H,15,16). The SMILES string of the molecule is Cc1cnc(CNC(=O)c2cccc(Br)c2)o1. The second-order valence-corrected chi connectivity index (χ2v) is 4.47. The third-order valence-corrected chi connectivity index (χ3v) is 2.65. The van der Waals surface area contributed by atoms with Gasteiger partial charge in [-0.25, -0.2) is 4.98 Å². The number of nitrogens with one attached hydrogen (secondary N) is 1. The van der Waals surface area contributed by atoms with Crippen molar-refractivity contribution in [2.75, 3.05) is 0 Å². The van der Waals surface area contributed by atoms with Gasteiger partial charge in [-0.3, -0.25) is 4.79 Å². The summed E-state index contributed by atoms with van der Waals surface area (Å²) in [7, 11) is 0. The summed E-state index contributed by atoms with van der Waals surface area (Å²) in [5, 5.41) is 2.74. The minimum absolute atomic E-state index is 0.151. The van der Waals surface area contributed by atoms with Gasteiger partial charge in [-0.1, -0.05) is 22.0 Å². The minimum Gasteiger partial charge on any atom is -0.444 e. The first-order chi connectivity index (χ1) is 8.15. The highest BCUT2D eigenvalue weighted by molar-refractivity contribution is 9.10. The number of benzene rings is 1. The van der Waals surface area contributed by atoms with Crippen LogP contribution in [-0.4, -0.2) is 10.9 Å². The molecule has 0 spiro atoms. The molecule has 0 atom stereocenters. The van der Waals surface area contributed by atoms with E-state index in [0.717, 1.165) is 10.2 Å². The fourth-order valence-electron chi connectivity index (χ4n) is 1.37. The topological polar surface area (TPSA) is 55.1 Å². The average molecular weight is 295 g/mol. The van der Waals surface area contributed by atoms with E-state index in [9.17, 15) is 4.79 Å². The van der Waals surface area contributed by atoms with Gasteiger partial charge < -0.3 is 9.73 Å². The van der Waals surface area contributed by atoms with Crippen molar-refractivity contribution in [2.24, 2.45) is 0 Å². The van der Waals surface area contributed by atoms with Gasteiger partial charge in [0.25, 0.3) is 5.91 Å². The molecule has 0 unspecified atom stereocenters. The van der Waals surface area contributed by atoms with Crippen LogP contribution < -0.4 is 5.32 Å². The maximum absolute atomic E-state index is 11.8. The molecule has 0 bridgehead atoms. The summed E-state index contributed by atoms with van der Waals surface area (Å²) < 4.78 is 6.13. The Hall–Kier alpha value is -1.62. The quantitative estimate of drug-likeness (QED) is 0.947. The summed E-state index contributed by atoms with van der Waals surface area (Å²) in [6, 6.07) is 7.19. The summed E-state index contributed by atoms with van der Waals surface area (Å²) in [5.41, 5.74) is 0.600. The van der Waals surface area contributed by atoms with Crippen molar-refractivity contribution in [3.05, 3.63) is 52.1 Å². The molecule has 0 saturated carbocycles. The van der Waals surface area contributed by atoms with Crippen molar-refractivity contribution >= 4 is 21.8 Å². The van der Waals surface area contributed by atoms with Crippen LogP contribution in [-0.2, 0) is 6.54 Å². The highest BCUT2D eigenvalue weighted by Crippen LogP contribution is 2.11. The van der Waals surface area contributed by atoms with Crippen LogP contribution in [0.15, 0.2) is 39.4 Å². The summed E-state index contributed by atoms with van der Waals surface area (Å²) >= 11 is 3.32. The van der Waals surface area contributed by atoms with E-state index in [1.807, 2.05) is 19.1 Å². The zero-order chi connectivity index (χ0) is 12.3. The maximum Gasteiger partial charge on any atom is 0.251 e. The molecule has 0 aliphatic heterocycles. The van der Waals surface area contributed by atoms with E-state index in [0.29, 0.717) is 18.0 Å².